The van der Waals surface area contributed by atoms with E-state index in [2.05, 4.69) is 23.5 Å². The molecule has 1 aliphatic rings. The molecule has 0 bridgehead atoms. The molecule has 2 aromatic rings. The van der Waals surface area contributed by atoms with E-state index in [4.69, 9.17) is 0 Å². The van der Waals surface area contributed by atoms with Crippen LogP contribution in [0.3, 0.4) is 0 Å². The van der Waals surface area contributed by atoms with Gasteiger partial charge in [-0.1, -0.05) is 42.5 Å². The van der Waals surface area contributed by atoms with Crippen LogP contribution < -0.4 is 5.32 Å². The van der Waals surface area contributed by atoms with Crippen LogP contribution >= 0.6 is 0 Å². The standard InChI is InChI=1S/C16H19NO/c18-16(11-13-7-4-10-17-13)15-9-3-6-12-5-1-2-8-14(12)15/h1-3,5-6,8-9,13,16-18H,4,7,10-11H2. The molecule has 0 aromatic heterocycles. The van der Waals surface area contributed by atoms with Crippen molar-refractivity contribution in [2.45, 2.75) is 31.4 Å². The van der Waals surface area contributed by atoms with Crippen LogP contribution in [0.1, 0.15) is 30.9 Å². The number of aliphatic hydroxyl groups is 1. The summed E-state index contributed by atoms with van der Waals surface area (Å²) in [5.41, 5.74) is 1.06. The van der Waals surface area contributed by atoms with Crippen molar-refractivity contribution < 1.29 is 5.11 Å². The smallest absolute Gasteiger partial charge is 0.0810 e. The molecule has 18 heavy (non-hydrogen) atoms. The van der Waals surface area contributed by atoms with E-state index in [9.17, 15) is 5.11 Å². The molecular formula is C16H19NO. The average molecular weight is 241 g/mol. The van der Waals surface area contributed by atoms with Crippen molar-refractivity contribution in [3.05, 3.63) is 48.0 Å². The van der Waals surface area contributed by atoms with Gasteiger partial charge in [-0.3, -0.25) is 0 Å². The zero-order valence-electron chi connectivity index (χ0n) is 10.5. The maximum Gasteiger partial charge on any atom is 0.0810 e. The van der Waals surface area contributed by atoms with Crippen molar-refractivity contribution in [2.75, 3.05) is 6.54 Å². The van der Waals surface area contributed by atoms with E-state index in [0.717, 1.165) is 18.5 Å². The van der Waals surface area contributed by atoms with Gasteiger partial charge >= 0.3 is 0 Å². The van der Waals surface area contributed by atoms with Crippen molar-refractivity contribution in [1.29, 1.82) is 0 Å². The molecule has 0 saturated carbocycles. The highest BCUT2D eigenvalue weighted by Gasteiger charge is 2.20. The topological polar surface area (TPSA) is 32.3 Å². The molecule has 0 aliphatic carbocycles. The average Bonchev–Trinajstić information content (AvgIpc) is 2.91. The Morgan fingerprint density at radius 1 is 1.17 bits per heavy atom. The maximum absolute atomic E-state index is 10.4. The second-order valence-corrected chi connectivity index (χ2v) is 5.11. The molecule has 1 aliphatic heterocycles. The van der Waals surface area contributed by atoms with E-state index in [1.807, 2.05) is 24.3 Å². The van der Waals surface area contributed by atoms with Gasteiger partial charge in [0.05, 0.1) is 6.10 Å². The first-order chi connectivity index (χ1) is 8.84. The fourth-order valence-corrected chi connectivity index (χ4v) is 2.90. The van der Waals surface area contributed by atoms with E-state index >= 15 is 0 Å². The van der Waals surface area contributed by atoms with E-state index in [-0.39, 0.29) is 6.10 Å². The van der Waals surface area contributed by atoms with Crippen LogP contribution in [-0.4, -0.2) is 17.7 Å². The van der Waals surface area contributed by atoms with Crippen molar-refractivity contribution in [3.8, 4) is 0 Å². The maximum atomic E-state index is 10.4. The predicted octanol–water partition coefficient (Wildman–Crippen LogP) is 3.02. The Balaban J connectivity index is 1.88. The van der Waals surface area contributed by atoms with Gasteiger partial charge in [0.2, 0.25) is 0 Å². The highest BCUT2D eigenvalue weighted by atomic mass is 16.3. The van der Waals surface area contributed by atoms with Crippen molar-refractivity contribution in [2.24, 2.45) is 0 Å². The zero-order chi connectivity index (χ0) is 12.4. The number of nitrogens with one attached hydrogen (secondary N) is 1. The van der Waals surface area contributed by atoms with Crippen LogP contribution in [0.15, 0.2) is 42.5 Å². The second-order valence-electron chi connectivity index (χ2n) is 5.11. The van der Waals surface area contributed by atoms with Crippen LogP contribution in [-0.2, 0) is 0 Å². The van der Waals surface area contributed by atoms with E-state index in [0.29, 0.717) is 6.04 Å². The van der Waals surface area contributed by atoms with Gasteiger partial charge in [0.25, 0.3) is 0 Å². The van der Waals surface area contributed by atoms with E-state index < -0.39 is 0 Å². The van der Waals surface area contributed by atoms with Gasteiger partial charge in [0.15, 0.2) is 0 Å². The van der Waals surface area contributed by atoms with Gasteiger partial charge in [-0.15, -0.1) is 0 Å². The molecule has 2 unspecified atom stereocenters. The van der Waals surface area contributed by atoms with Crippen LogP contribution in [0.4, 0.5) is 0 Å². The number of aliphatic hydroxyl groups excluding tert-OH is 1. The molecule has 1 saturated heterocycles. The summed E-state index contributed by atoms with van der Waals surface area (Å²) in [4.78, 5) is 0. The molecule has 3 rings (SSSR count). The Morgan fingerprint density at radius 3 is 2.83 bits per heavy atom. The molecule has 2 aromatic carbocycles. The molecule has 1 heterocycles. The van der Waals surface area contributed by atoms with Gasteiger partial charge < -0.3 is 10.4 Å². The van der Waals surface area contributed by atoms with E-state index in [1.54, 1.807) is 0 Å². The molecule has 0 radical (unpaired) electrons. The number of benzene rings is 2. The molecule has 2 atom stereocenters. The highest BCUT2D eigenvalue weighted by Crippen LogP contribution is 2.28. The molecule has 1 fully saturated rings. The summed E-state index contributed by atoms with van der Waals surface area (Å²) in [7, 11) is 0. The Hall–Kier alpha value is -1.38. The summed E-state index contributed by atoms with van der Waals surface area (Å²) in [5, 5.41) is 16.3. The molecule has 2 N–H and O–H groups in total. The van der Waals surface area contributed by atoms with Crippen molar-refractivity contribution in [3.63, 3.8) is 0 Å². The Kier molecular flexibility index (Phi) is 3.31. The summed E-state index contributed by atoms with van der Waals surface area (Å²) < 4.78 is 0. The van der Waals surface area contributed by atoms with Crippen molar-refractivity contribution >= 4 is 10.8 Å². The lowest BCUT2D eigenvalue weighted by Crippen LogP contribution is -2.23. The minimum atomic E-state index is -0.369. The number of fused-ring (bicyclic) bond motifs is 1. The molecule has 2 heteroatoms. The number of hydrogen-bond donors (Lipinski definition) is 2. The summed E-state index contributed by atoms with van der Waals surface area (Å²) in [5.74, 6) is 0. The monoisotopic (exact) mass is 241 g/mol. The Morgan fingerprint density at radius 2 is 2.00 bits per heavy atom. The fourth-order valence-electron chi connectivity index (χ4n) is 2.90. The summed E-state index contributed by atoms with van der Waals surface area (Å²) >= 11 is 0. The first-order valence-electron chi connectivity index (χ1n) is 6.74. The summed E-state index contributed by atoms with van der Waals surface area (Å²) in [6.45, 7) is 1.09. The summed E-state index contributed by atoms with van der Waals surface area (Å²) in [6, 6.07) is 14.9. The molecule has 0 spiro atoms. The lowest BCUT2D eigenvalue weighted by atomic mass is 9.96. The van der Waals surface area contributed by atoms with Crippen LogP contribution in [0.5, 0.6) is 0 Å². The molecule has 0 amide bonds. The molecule has 2 nitrogen and oxygen atoms in total. The van der Waals surface area contributed by atoms with Gasteiger partial charge in [0, 0.05) is 6.04 Å². The van der Waals surface area contributed by atoms with Gasteiger partial charge in [-0.05, 0) is 42.1 Å². The van der Waals surface area contributed by atoms with Gasteiger partial charge in [0.1, 0.15) is 0 Å². The molecule has 94 valence electrons. The summed E-state index contributed by atoms with van der Waals surface area (Å²) in [6.07, 6.45) is 2.86. The predicted molar refractivity (Wildman–Crippen MR) is 74.5 cm³/mol. The SMILES string of the molecule is OC(CC1CCCN1)c1cccc2ccccc12. The van der Waals surface area contributed by atoms with Crippen molar-refractivity contribution in [1.82, 2.24) is 5.32 Å². The highest BCUT2D eigenvalue weighted by molar-refractivity contribution is 5.85. The minimum Gasteiger partial charge on any atom is -0.388 e. The first kappa shape index (κ1) is 11.7. The number of hydrogen-bond acceptors (Lipinski definition) is 2. The third kappa shape index (κ3) is 2.26. The minimum absolute atomic E-state index is 0.369. The number of rotatable bonds is 3. The first-order valence-corrected chi connectivity index (χ1v) is 6.74. The fraction of sp³-hybridized carbons (Fsp3) is 0.375. The quantitative estimate of drug-likeness (QED) is 0.865. The van der Waals surface area contributed by atoms with E-state index in [1.165, 1.54) is 23.6 Å². The van der Waals surface area contributed by atoms with Crippen LogP contribution in [0.25, 0.3) is 10.8 Å². The van der Waals surface area contributed by atoms with Crippen LogP contribution in [0.2, 0.25) is 0 Å². The Bertz CT molecular complexity index is 526. The van der Waals surface area contributed by atoms with Crippen LogP contribution in [0, 0.1) is 0 Å². The third-order valence-corrected chi connectivity index (χ3v) is 3.85. The van der Waals surface area contributed by atoms with Gasteiger partial charge in [-0.2, -0.15) is 0 Å². The lowest BCUT2D eigenvalue weighted by Gasteiger charge is -2.18. The molecular weight excluding hydrogens is 222 g/mol. The lowest BCUT2D eigenvalue weighted by molar-refractivity contribution is 0.156. The third-order valence-electron chi connectivity index (χ3n) is 3.85. The Labute approximate surface area is 108 Å². The normalized spacial score (nSPS) is 21.3. The van der Waals surface area contributed by atoms with Gasteiger partial charge in [-0.25, -0.2) is 0 Å². The zero-order valence-corrected chi connectivity index (χ0v) is 10.5. The largest absolute Gasteiger partial charge is 0.388 e. The second kappa shape index (κ2) is 5.09.